The SMILES string of the molecule is Cc1nn(Cc2ccccc2)c(C)c1/C=N\NC(=O)c1c(C)nc2ccccn12. The summed E-state index contributed by atoms with van der Waals surface area (Å²) >= 11 is 0. The lowest BCUT2D eigenvalue weighted by molar-refractivity contribution is 0.0948. The largest absolute Gasteiger partial charge is 0.295 e. The van der Waals surface area contributed by atoms with E-state index in [0.29, 0.717) is 17.9 Å². The van der Waals surface area contributed by atoms with Gasteiger partial charge in [0.05, 0.1) is 24.1 Å². The molecule has 0 aliphatic heterocycles. The van der Waals surface area contributed by atoms with E-state index in [9.17, 15) is 4.79 Å². The summed E-state index contributed by atoms with van der Waals surface area (Å²) in [5.41, 5.74) is 8.42. The molecule has 1 N–H and O–H groups in total. The molecule has 0 radical (unpaired) electrons. The molecule has 146 valence electrons. The molecule has 0 aliphatic rings. The van der Waals surface area contributed by atoms with Crippen molar-refractivity contribution < 1.29 is 4.79 Å². The van der Waals surface area contributed by atoms with Crippen molar-refractivity contribution in [2.75, 3.05) is 0 Å². The van der Waals surface area contributed by atoms with Gasteiger partial charge in [-0.3, -0.25) is 13.9 Å². The molecule has 1 aromatic carbocycles. The van der Waals surface area contributed by atoms with Gasteiger partial charge in [0.1, 0.15) is 11.3 Å². The number of nitrogens with zero attached hydrogens (tertiary/aromatic N) is 5. The Bertz CT molecular complexity index is 1200. The van der Waals surface area contributed by atoms with E-state index >= 15 is 0 Å². The lowest BCUT2D eigenvalue weighted by Crippen LogP contribution is -2.20. The molecule has 3 aromatic heterocycles. The molecule has 4 rings (SSSR count). The van der Waals surface area contributed by atoms with Gasteiger partial charge >= 0.3 is 0 Å². The third-order valence-corrected chi connectivity index (χ3v) is 4.89. The van der Waals surface area contributed by atoms with Gasteiger partial charge in [-0.15, -0.1) is 0 Å². The number of fused-ring (bicyclic) bond motifs is 1. The van der Waals surface area contributed by atoms with Crippen LogP contribution < -0.4 is 5.43 Å². The monoisotopic (exact) mass is 386 g/mol. The van der Waals surface area contributed by atoms with Crippen LogP contribution in [-0.2, 0) is 6.54 Å². The van der Waals surface area contributed by atoms with Gasteiger partial charge in [0.15, 0.2) is 0 Å². The number of rotatable bonds is 5. The summed E-state index contributed by atoms with van der Waals surface area (Å²) < 4.78 is 3.71. The Morgan fingerprint density at radius 1 is 1.07 bits per heavy atom. The minimum atomic E-state index is -0.301. The van der Waals surface area contributed by atoms with E-state index in [2.05, 4.69) is 32.7 Å². The van der Waals surface area contributed by atoms with Crippen molar-refractivity contribution in [3.63, 3.8) is 0 Å². The van der Waals surface area contributed by atoms with Crippen LogP contribution in [0.2, 0.25) is 0 Å². The average Bonchev–Trinajstić information content (AvgIpc) is 3.19. The highest BCUT2D eigenvalue weighted by Gasteiger charge is 2.16. The molecule has 0 atom stereocenters. The lowest BCUT2D eigenvalue weighted by atomic mass is 10.2. The molecule has 7 heteroatoms. The summed E-state index contributed by atoms with van der Waals surface area (Å²) in [4.78, 5) is 17.0. The number of benzene rings is 1. The fourth-order valence-corrected chi connectivity index (χ4v) is 3.40. The number of hydrogen-bond acceptors (Lipinski definition) is 4. The number of carbonyl (C=O) groups excluding carboxylic acids is 1. The third kappa shape index (κ3) is 3.67. The standard InChI is InChI=1S/C22H22N6O/c1-15-19(17(3)28(26-15)14-18-9-5-4-6-10-18)13-23-25-22(29)21-16(2)24-20-11-7-8-12-27(20)21/h4-13H,14H2,1-3H3,(H,25,29)/b23-13-. The number of amides is 1. The quantitative estimate of drug-likeness (QED) is 0.422. The summed E-state index contributed by atoms with van der Waals surface area (Å²) in [6.07, 6.45) is 3.46. The molecule has 0 saturated heterocycles. The van der Waals surface area contributed by atoms with Crippen LogP contribution in [0.25, 0.3) is 5.65 Å². The summed E-state index contributed by atoms with van der Waals surface area (Å²) in [6, 6.07) is 15.8. The number of hydrogen-bond donors (Lipinski definition) is 1. The highest BCUT2D eigenvalue weighted by molar-refractivity contribution is 5.95. The number of aryl methyl sites for hydroxylation is 2. The Morgan fingerprint density at radius 3 is 2.62 bits per heavy atom. The third-order valence-electron chi connectivity index (χ3n) is 4.89. The minimum absolute atomic E-state index is 0.301. The van der Waals surface area contributed by atoms with E-state index in [1.165, 1.54) is 5.56 Å². The molecule has 0 spiro atoms. The molecule has 29 heavy (non-hydrogen) atoms. The number of pyridine rings is 1. The number of hydrazone groups is 1. The smallest absolute Gasteiger partial charge is 0.290 e. The normalized spacial score (nSPS) is 11.4. The Kier molecular flexibility index (Phi) is 4.95. The average molecular weight is 386 g/mol. The number of carbonyl (C=O) groups is 1. The summed E-state index contributed by atoms with van der Waals surface area (Å²) in [6.45, 7) is 6.44. The second-order valence-corrected chi connectivity index (χ2v) is 6.90. The van der Waals surface area contributed by atoms with Crippen molar-refractivity contribution in [3.05, 3.63) is 88.6 Å². The summed E-state index contributed by atoms with van der Waals surface area (Å²) in [5.74, 6) is -0.301. The van der Waals surface area contributed by atoms with Crippen LogP contribution in [0.1, 0.15) is 38.7 Å². The van der Waals surface area contributed by atoms with Crippen molar-refractivity contribution in [3.8, 4) is 0 Å². The van der Waals surface area contributed by atoms with Crippen LogP contribution in [-0.4, -0.2) is 31.3 Å². The Hall–Kier alpha value is -3.74. The Balaban J connectivity index is 1.52. The molecule has 1 amide bonds. The second-order valence-electron chi connectivity index (χ2n) is 6.90. The predicted molar refractivity (Wildman–Crippen MR) is 112 cm³/mol. The van der Waals surface area contributed by atoms with Crippen molar-refractivity contribution in [1.82, 2.24) is 24.6 Å². The lowest BCUT2D eigenvalue weighted by Gasteiger charge is -2.04. The maximum absolute atomic E-state index is 12.6. The minimum Gasteiger partial charge on any atom is -0.295 e. The molecule has 3 heterocycles. The first-order chi connectivity index (χ1) is 14.0. The maximum atomic E-state index is 12.6. The Morgan fingerprint density at radius 2 is 1.83 bits per heavy atom. The van der Waals surface area contributed by atoms with E-state index in [1.54, 1.807) is 10.6 Å². The zero-order valence-electron chi connectivity index (χ0n) is 16.6. The van der Waals surface area contributed by atoms with Crippen molar-refractivity contribution in [2.45, 2.75) is 27.3 Å². The van der Waals surface area contributed by atoms with Gasteiger partial charge in [0, 0.05) is 17.5 Å². The van der Waals surface area contributed by atoms with Crippen LogP contribution in [0.3, 0.4) is 0 Å². The van der Waals surface area contributed by atoms with Crippen LogP contribution in [0.4, 0.5) is 0 Å². The summed E-state index contributed by atoms with van der Waals surface area (Å²) in [5, 5.41) is 8.78. The first-order valence-corrected chi connectivity index (χ1v) is 9.39. The van der Waals surface area contributed by atoms with E-state index in [1.807, 2.05) is 68.0 Å². The predicted octanol–water partition coefficient (Wildman–Crippen LogP) is 3.27. The number of aromatic nitrogens is 4. The van der Waals surface area contributed by atoms with Crippen LogP contribution in [0, 0.1) is 20.8 Å². The van der Waals surface area contributed by atoms with E-state index < -0.39 is 0 Å². The fourth-order valence-electron chi connectivity index (χ4n) is 3.40. The molecule has 4 aromatic rings. The number of nitrogens with one attached hydrogen (secondary N) is 1. The maximum Gasteiger partial charge on any atom is 0.290 e. The Labute approximate surface area is 168 Å². The first kappa shape index (κ1) is 18.6. The molecule has 0 aliphatic carbocycles. The zero-order valence-corrected chi connectivity index (χ0v) is 16.6. The van der Waals surface area contributed by atoms with E-state index in [4.69, 9.17) is 0 Å². The molecule has 0 fully saturated rings. The van der Waals surface area contributed by atoms with Gasteiger partial charge in [-0.1, -0.05) is 36.4 Å². The van der Waals surface area contributed by atoms with Gasteiger partial charge in [-0.2, -0.15) is 10.2 Å². The van der Waals surface area contributed by atoms with Gasteiger partial charge in [-0.25, -0.2) is 10.4 Å². The van der Waals surface area contributed by atoms with Crippen LogP contribution in [0.15, 0.2) is 59.8 Å². The van der Waals surface area contributed by atoms with Crippen molar-refractivity contribution >= 4 is 17.8 Å². The van der Waals surface area contributed by atoms with Crippen molar-refractivity contribution in [2.24, 2.45) is 5.10 Å². The first-order valence-electron chi connectivity index (χ1n) is 9.39. The van der Waals surface area contributed by atoms with E-state index in [-0.39, 0.29) is 5.91 Å². The molecule has 0 unspecified atom stereocenters. The molecular weight excluding hydrogens is 364 g/mol. The van der Waals surface area contributed by atoms with Crippen molar-refractivity contribution in [1.29, 1.82) is 0 Å². The topological polar surface area (TPSA) is 76.6 Å². The summed E-state index contributed by atoms with van der Waals surface area (Å²) in [7, 11) is 0. The highest BCUT2D eigenvalue weighted by Crippen LogP contribution is 2.14. The van der Waals surface area contributed by atoms with E-state index in [0.717, 1.165) is 22.6 Å². The van der Waals surface area contributed by atoms with Gasteiger partial charge in [-0.05, 0) is 38.5 Å². The zero-order chi connectivity index (χ0) is 20.4. The molecule has 0 bridgehead atoms. The van der Waals surface area contributed by atoms with Crippen LogP contribution in [0.5, 0.6) is 0 Å². The van der Waals surface area contributed by atoms with Gasteiger partial charge in [0.25, 0.3) is 5.91 Å². The second kappa shape index (κ2) is 7.71. The molecular formula is C22H22N6O. The molecule has 0 saturated carbocycles. The van der Waals surface area contributed by atoms with Crippen LogP contribution >= 0.6 is 0 Å². The fraction of sp³-hybridized carbons (Fsp3) is 0.182. The molecule has 7 nitrogen and oxygen atoms in total. The highest BCUT2D eigenvalue weighted by atomic mass is 16.2. The number of imidazole rings is 1. The van der Waals surface area contributed by atoms with Gasteiger partial charge < -0.3 is 0 Å². The van der Waals surface area contributed by atoms with Gasteiger partial charge in [0.2, 0.25) is 0 Å².